The highest BCUT2D eigenvalue weighted by Gasteiger charge is 2.34. The van der Waals surface area contributed by atoms with Crippen LogP contribution in [-0.4, -0.2) is 23.1 Å². The molecule has 0 fully saturated rings. The first-order valence-corrected chi connectivity index (χ1v) is 9.40. The SMILES string of the molecule is CN1CCn2c1cc(OCc1ccc(Oc3ccc(F)c(C(F)(F)F)c3)c(F)c1)nc2=O. The predicted octanol–water partition coefficient (Wildman–Crippen LogP) is 4.36. The Balaban J connectivity index is 1.47. The highest BCUT2D eigenvalue weighted by molar-refractivity contribution is 5.44. The molecule has 32 heavy (non-hydrogen) atoms. The first-order valence-electron chi connectivity index (χ1n) is 9.40. The molecule has 0 bridgehead atoms. The Bertz CT molecular complexity index is 1230. The summed E-state index contributed by atoms with van der Waals surface area (Å²) >= 11 is 0. The topological polar surface area (TPSA) is 56.6 Å². The third-order valence-electron chi connectivity index (χ3n) is 4.87. The van der Waals surface area contributed by atoms with Gasteiger partial charge in [0.25, 0.3) is 0 Å². The summed E-state index contributed by atoms with van der Waals surface area (Å²) in [6, 6.07) is 7.37. The number of likely N-dealkylation sites (N-methyl/N-ethyl adjacent to an activating group) is 1. The average molecular weight is 453 g/mol. The summed E-state index contributed by atoms with van der Waals surface area (Å²) in [4.78, 5) is 17.8. The van der Waals surface area contributed by atoms with Crippen LogP contribution in [0, 0.1) is 11.6 Å². The van der Waals surface area contributed by atoms with Crippen LogP contribution >= 0.6 is 0 Å². The monoisotopic (exact) mass is 453 g/mol. The van der Waals surface area contributed by atoms with Gasteiger partial charge >= 0.3 is 11.9 Å². The zero-order chi connectivity index (χ0) is 23.0. The van der Waals surface area contributed by atoms with Gasteiger partial charge in [-0.3, -0.25) is 4.57 Å². The molecule has 0 spiro atoms. The highest BCUT2D eigenvalue weighted by Crippen LogP contribution is 2.35. The molecule has 1 aliphatic heterocycles. The van der Waals surface area contributed by atoms with E-state index in [0.29, 0.717) is 36.6 Å². The van der Waals surface area contributed by atoms with Crippen LogP contribution in [0.4, 0.5) is 27.8 Å². The van der Waals surface area contributed by atoms with Crippen LogP contribution in [0.5, 0.6) is 17.4 Å². The van der Waals surface area contributed by atoms with E-state index in [9.17, 15) is 26.7 Å². The fraction of sp³-hybridized carbons (Fsp3) is 0.238. The summed E-state index contributed by atoms with van der Waals surface area (Å²) in [5.74, 6) is -2.28. The normalized spacial score (nSPS) is 13.2. The number of rotatable bonds is 5. The number of hydrogen-bond acceptors (Lipinski definition) is 5. The van der Waals surface area contributed by atoms with Crippen molar-refractivity contribution in [1.29, 1.82) is 0 Å². The van der Waals surface area contributed by atoms with Crippen molar-refractivity contribution >= 4 is 5.82 Å². The fourth-order valence-electron chi connectivity index (χ4n) is 3.22. The zero-order valence-corrected chi connectivity index (χ0v) is 16.6. The minimum atomic E-state index is -4.91. The first-order chi connectivity index (χ1) is 15.1. The molecule has 2 heterocycles. The number of ether oxygens (including phenoxy) is 2. The third-order valence-corrected chi connectivity index (χ3v) is 4.87. The molecule has 168 valence electrons. The second-order valence-corrected chi connectivity index (χ2v) is 7.10. The van der Waals surface area contributed by atoms with Crippen molar-refractivity contribution in [3.05, 3.63) is 75.7 Å². The summed E-state index contributed by atoms with van der Waals surface area (Å²) in [5, 5.41) is 0. The zero-order valence-electron chi connectivity index (χ0n) is 16.6. The third kappa shape index (κ3) is 4.36. The molecule has 3 aromatic rings. The van der Waals surface area contributed by atoms with Crippen molar-refractivity contribution in [2.75, 3.05) is 18.5 Å². The predicted molar refractivity (Wildman–Crippen MR) is 104 cm³/mol. The maximum Gasteiger partial charge on any atom is 0.419 e. The molecule has 0 amide bonds. The number of benzene rings is 2. The second kappa shape index (κ2) is 8.13. The van der Waals surface area contributed by atoms with Gasteiger partial charge in [-0.25, -0.2) is 13.6 Å². The molecule has 0 atom stereocenters. The first kappa shape index (κ1) is 21.6. The number of nitrogens with zero attached hydrogens (tertiary/aromatic N) is 3. The molecule has 0 unspecified atom stereocenters. The van der Waals surface area contributed by atoms with Gasteiger partial charge in [-0.1, -0.05) is 6.07 Å². The van der Waals surface area contributed by atoms with Crippen LogP contribution in [0.2, 0.25) is 0 Å². The molecule has 11 heteroatoms. The van der Waals surface area contributed by atoms with Crippen LogP contribution in [0.25, 0.3) is 0 Å². The minimum absolute atomic E-state index is 0.0849. The van der Waals surface area contributed by atoms with E-state index in [1.54, 1.807) is 6.07 Å². The molecular weight excluding hydrogens is 437 g/mol. The Labute approximate surface area is 178 Å². The quantitative estimate of drug-likeness (QED) is 0.538. The van der Waals surface area contributed by atoms with Crippen LogP contribution in [0.15, 0.2) is 47.3 Å². The number of anilines is 1. The maximum absolute atomic E-state index is 14.4. The van der Waals surface area contributed by atoms with Gasteiger partial charge < -0.3 is 14.4 Å². The molecule has 0 N–H and O–H groups in total. The largest absolute Gasteiger partial charge is 0.473 e. The van der Waals surface area contributed by atoms with Gasteiger partial charge in [-0.2, -0.15) is 18.2 Å². The van der Waals surface area contributed by atoms with Crippen molar-refractivity contribution in [3.63, 3.8) is 0 Å². The van der Waals surface area contributed by atoms with E-state index >= 15 is 0 Å². The lowest BCUT2D eigenvalue weighted by Gasteiger charge is -2.13. The van der Waals surface area contributed by atoms with Crippen LogP contribution in [0.1, 0.15) is 11.1 Å². The maximum atomic E-state index is 14.4. The summed E-state index contributed by atoms with van der Waals surface area (Å²) in [6.07, 6.45) is -4.91. The van der Waals surface area contributed by atoms with Gasteiger partial charge in [0.15, 0.2) is 11.6 Å². The molecule has 4 rings (SSSR count). The second-order valence-electron chi connectivity index (χ2n) is 7.10. The van der Waals surface area contributed by atoms with E-state index in [2.05, 4.69) is 4.98 Å². The fourth-order valence-corrected chi connectivity index (χ4v) is 3.22. The molecule has 2 aromatic carbocycles. The number of fused-ring (bicyclic) bond motifs is 1. The lowest BCUT2D eigenvalue weighted by molar-refractivity contribution is -0.140. The number of hydrogen-bond donors (Lipinski definition) is 0. The lowest BCUT2D eigenvalue weighted by atomic mass is 10.2. The van der Waals surface area contributed by atoms with Gasteiger partial charge in [0, 0.05) is 26.2 Å². The van der Waals surface area contributed by atoms with Gasteiger partial charge in [-0.05, 0) is 35.9 Å². The molecule has 0 saturated carbocycles. The Kier molecular flexibility index (Phi) is 5.49. The van der Waals surface area contributed by atoms with Crippen molar-refractivity contribution in [3.8, 4) is 17.4 Å². The summed E-state index contributed by atoms with van der Waals surface area (Å²) in [5.41, 5.74) is -1.58. The Hall–Kier alpha value is -3.63. The van der Waals surface area contributed by atoms with Crippen LogP contribution in [-0.2, 0) is 19.3 Å². The van der Waals surface area contributed by atoms with Crippen LogP contribution in [0.3, 0.4) is 0 Å². The van der Waals surface area contributed by atoms with Gasteiger partial charge in [0.1, 0.15) is 24.0 Å². The van der Waals surface area contributed by atoms with E-state index in [-0.39, 0.29) is 24.0 Å². The Morgan fingerprint density at radius 1 is 1.03 bits per heavy atom. The summed E-state index contributed by atoms with van der Waals surface area (Å²) in [7, 11) is 1.83. The molecule has 1 aliphatic rings. The number of aromatic nitrogens is 2. The van der Waals surface area contributed by atoms with Crippen LogP contribution < -0.4 is 20.1 Å². The van der Waals surface area contributed by atoms with Crippen molar-refractivity contribution in [2.45, 2.75) is 19.3 Å². The lowest BCUT2D eigenvalue weighted by Crippen LogP contribution is -2.22. The van der Waals surface area contributed by atoms with Crippen molar-refractivity contribution in [2.24, 2.45) is 0 Å². The molecule has 0 aliphatic carbocycles. The average Bonchev–Trinajstić information content (AvgIpc) is 3.10. The molecular formula is C21H16F5N3O3. The molecule has 1 aromatic heterocycles. The van der Waals surface area contributed by atoms with E-state index in [1.807, 2.05) is 11.9 Å². The van der Waals surface area contributed by atoms with Gasteiger partial charge in [0.2, 0.25) is 5.88 Å². The Morgan fingerprint density at radius 3 is 2.53 bits per heavy atom. The van der Waals surface area contributed by atoms with E-state index in [1.165, 1.54) is 16.7 Å². The van der Waals surface area contributed by atoms with Crippen molar-refractivity contribution in [1.82, 2.24) is 9.55 Å². The van der Waals surface area contributed by atoms with Gasteiger partial charge in [-0.15, -0.1) is 0 Å². The minimum Gasteiger partial charge on any atom is -0.473 e. The molecule has 0 saturated heterocycles. The smallest absolute Gasteiger partial charge is 0.419 e. The number of alkyl halides is 3. The van der Waals surface area contributed by atoms with Gasteiger partial charge in [0.05, 0.1) is 5.56 Å². The van der Waals surface area contributed by atoms with Crippen molar-refractivity contribution < 1.29 is 31.4 Å². The molecule has 0 radical (unpaired) electrons. The summed E-state index contributed by atoms with van der Waals surface area (Å²) in [6.45, 7) is 1.10. The van der Waals surface area contributed by atoms with E-state index < -0.39 is 29.1 Å². The van der Waals surface area contributed by atoms with E-state index in [4.69, 9.17) is 9.47 Å². The molecule has 6 nitrogen and oxygen atoms in total. The Morgan fingerprint density at radius 2 is 1.81 bits per heavy atom. The summed E-state index contributed by atoms with van der Waals surface area (Å²) < 4.78 is 78.5. The number of halogens is 5. The highest BCUT2D eigenvalue weighted by atomic mass is 19.4. The standard InChI is InChI=1S/C21H16F5N3O3/c1-28-6-7-29-19(28)10-18(27-20(29)30)31-11-12-2-5-17(16(23)8-12)32-13-3-4-15(22)14(9-13)21(24,25)26/h2-5,8-10H,6-7,11H2,1H3. The van der Waals surface area contributed by atoms with E-state index in [0.717, 1.165) is 12.1 Å².